The summed E-state index contributed by atoms with van der Waals surface area (Å²) in [6.45, 7) is 1.91. The molecular weight excluding hydrogens is 673 g/mol. The van der Waals surface area contributed by atoms with E-state index >= 15 is 0 Å². The van der Waals surface area contributed by atoms with E-state index in [1.807, 2.05) is 67.7 Å². The lowest BCUT2D eigenvalue weighted by atomic mass is 10.0. The molecule has 3 aliphatic rings. The van der Waals surface area contributed by atoms with E-state index in [1.165, 1.54) is 0 Å². The Bertz CT molecular complexity index is 1740. The number of fused-ring (bicyclic) bond motifs is 1. The zero-order valence-electron chi connectivity index (χ0n) is 26.5. The number of hydrogen-bond donors (Lipinski definition) is 2. The number of benzene rings is 2. The van der Waals surface area contributed by atoms with Crippen LogP contribution < -0.4 is 10.6 Å². The van der Waals surface area contributed by atoms with E-state index in [2.05, 4.69) is 20.5 Å². The zero-order valence-corrected chi connectivity index (χ0v) is 28.1. The van der Waals surface area contributed by atoms with Crippen LogP contribution in [0.5, 0.6) is 0 Å². The van der Waals surface area contributed by atoms with Gasteiger partial charge in [0.15, 0.2) is 11.2 Å². The van der Waals surface area contributed by atoms with Crippen LogP contribution >= 0.6 is 11.3 Å². The number of rotatable bonds is 11. The third-order valence-corrected chi connectivity index (χ3v) is 10.8. The predicted molar refractivity (Wildman–Crippen MR) is 179 cm³/mol. The first-order chi connectivity index (χ1) is 23.7. The number of esters is 1. The molecule has 0 radical (unpaired) electrons. The average molecular weight is 707 g/mol. The summed E-state index contributed by atoms with van der Waals surface area (Å²) in [5, 5.41) is 5.91. The van der Waals surface area contributed by atoms with Crippen molar-refractivity contribution in [2.75, 3.05) is 50.9 Å². The number of anilines is 1. The number of thiazole rings is 1. The molecule has 2 unspecified atom stereocenters. The van der Waals surface area contributed by atoms with Crippen LogP contribution in [0.25, 0.3) is 0 Å². The number of nitrogens with one attached hydrogen (secondary N) is 2. The maximum absolute atomic E-state index is 14.2. The highest BCUT2D eigenvalue weighted by Gasteiger charge is 2.57. The van der Waals surface area contributed by atoms with Crippen LogP contribution in [0.15, 0.2) is 77.3 Å². The van der Waals surface area contributed by atoms with Gasteiger partial charge in [-0.15, -0.1) is 11.3 Å². The van der Waals surface area contributed by atoms with Gasteiger partial charge >= 0.3 is 12.1 Å². The highest BCUT2D eigenvalue weighted by molar-refractivity contribution is 7.86. The lowest BCUT2D eigenvalue weighted by Gasteiger charge is -2.49. The van der Waals surface area contributed by atoms with Crippen molar-refractivity contribution >= 4 is 57.6 Å². The number of likely N-dealkylation sites (N-methyl/N-ethyl adjacent to an activating group) is 1. The molecule has 2 aromatic carbocycles. The molecule has 256 valence electrons. The molecule has 0 bridgehead atoms. The van der Waals surface area contributed by atoms with E-state index < -0.39 is 52.2 Å². The summed E-state index contributed by atoms with van der Waals surface area (Å²) < 4.78 is 25.3. The van der Waals surface area contributed by atoms with Crippen molar-refractivity contribution in [3.63, 3.8) is 0 Å². The van der Waals surface area contributed by atoms with E-state index in [0.29, 0.717) is 54.5 Å². The molecule has 2 fully saturated rings. The third kappa shape index (κ3) is 7.55. The van der Waals surface area contributed by atoms with Gasteiger partial charge in [0, 0.05) is 37.1 Å². The van der Waals surface area contributed by atoms with Crippen LogP contribution in [0.4, 0.5) is 9.93 Å². The number of piperazine rings is 1. The van der Waals surface area contributed by atoms with Crippen molar-refractivity contribution in [3.05, 3.63) is 94.1 Å². The van der Waals surface area contributed by atoms with Gasteiger partial charge < -0.3 is 29.9 Å². The molecule has 16 heteroatoms. The summed E-state index contributed by atoms with van der Waals surface area (Å²) in [5.41, 5.74) is 1.78. The molecular formula is C33H34N6O8S2. The average Bonchev–Trinajstić information content (AvgIpc) is 3.55. The summed E-state index contributed by atoms with van der Waals surface area (Å²) in [7, 11) is 0.192. The minimum atomic E-state index is -1.77. The van der Waals surface area contributed by atoms with Crippen LogP contribution in [0.1, 0.15) is 22.9 Å². The number of ether oxygens (including phenoxy) is 2. The first-order valence-electron chi connectivity index (χ1n) is 15.5. The van der Waals surface area contributed by atoms with Gasteiger partial charge in [0.25, 0.3) is 5.91 Å². The van der Waals surface area contributed by atoms with E-state index in [9.17, 15) is 28.2 Å². The van der Waals surface area contributed by atoms with Gasteiger partial charge in [-0.2, -0.15) is 0 Å². The van der Waals surface area contributed by atoms with E-state index in [-0.39, 0.29) is 30.1 Å². The second kappa shape index (κ2) is 15.1. The molecule has 1 aromatic heterocycles. The lowest BCUT2D eigenvalue weighted by molar-refractivity contribution is -0.155. The van der Waals surface area contributed by atoms with E-state index in [4.69, 9.17) is 9.47 Å². The molecule has 4 heterocycles. The molecule has 0 spiro atoms. The molecule has 3 aliphatic heterocycles. The number of nitrogens with zero attached hydrogens (tertiary/aromatic N) is 4. The number of hydrogen-bond acceptors (Lipinski definition) is 11. The van der Waals surface area contributed by atoms with Crippen LogP contribution in [-0.2, 0) is 45.9 Å². The number of carbonyl (C=O) groups excluding carboxylic acids is 5. The number of amides is 4. The van der Waals surface area contributed by atoms with Gasteiger partial charge in [0.05, 0.1) is 28.7 Å². The summed E-state index contributed by atoms with van der Waals surface area (Å²) >= 11 is 1.14. The summed E-state index contributed by atoms with van der Waals surface area (Å²) in [4.78, 5) is 73.3. The van der Waals surface area contributed by atoms with Crippen molar-refractivity contribution in [1.29, 1.82) is 0 Å². The molecule has 2 N–H and O–H groups in total. The zero-order chi connectivity index (χ0) is 34.5. The SMILES string of the molecule is CN1CCN(C(=O)OCC2=C(C(=O)OC(c3ccccc3)c3ccccc3)N3C(=O)C(NC(=O)Cc4csc(NC=O)n4)[C@H]3S(=O)C2)CC1. The molecule has 3 aromatic rings. The van der Waals surface area contributed by atoms with E-state index in [0.717, 1.165) is 16.2 Å². The van der Waals surface area contributed by atoms with Crippen molar-refractivity contribution < 1.29 is 37.7 Å². The second-order valence-electron chi connectivity index (χ2n) is 11.7. The van der Waals surface area contributed by atoms with Crippen molar-refractivity contribution in [1.82, 2.24) is 25.0 Å². The predicted octanol–water partition coefficient (Wildman–Crippen LogP) is 1.64. The van der Waals surface area contributed by atoms with Gasteiger partial charge in [-0.1, -0.05) is 60.7 Å². The second-order valence-corrected chi connectivity index (χ2v) is 14.0. The summed E-state index contributed by atoms with van der Waals surface area (Å²) in [6, 6.07) is 17.0. The topological polar surface area (TPSA) is 168 Å². The normalized spacial score (nSPS) is 20.7. The Labute approximate surface area is 288 Å². The minimum absolute atomic E-state index is 0.160. The Morgan fingerprint density at radius 1 is 1.04 bits per heavy atom. The highest BCUT2D eigenvalue weighted by Crippen LogP contribution is 2.37. The van der Waals surface area contributed by atoms with Crippen LogP contribution in [0.3, 0.4) is 0 Å². The van der Waals surface area contributed by atoms with Crippen LogP contribution in [0.2, 0.25) is 0 Å². The van der Waals surface area contributed by atoms with Crippen molar-refractivity contribution in [3.8, 4) is 0 Å². The minimum Gasteiger partial charge on any atom is -0.448 e. The largest absolute Gasteiger partial charge is 0.448 e. The standard InChI is InChI=1S/C33H34N6O8S2/c1-37-12-14-38(15-13-37)33(44)46-17-23-19-49(45)30-26(36-25(41)16-24-18-48-32(35-24)34-20-40)29(42)39(30)27(23)31(43)47-28(21-8-4-2-5-9-21)22-10-6-3-7-11-22/h2-11,18,20,26,28,30H,12-17,19H2,1H3,(H,36,41)(H,34,35,40)/t26?,30-,49?/m1/s1. The smallest absolute Gasteiger partial charge is 0.410 e. The Morgan fingerprint density at radius 3 is 2.33 bits per heavy atom. The van der Waals surface area contributed by atoms with Gasteiger partial charge in [0.1, 0.15) is 23.7 Å². The molecule has 2 saturated heterocycles. The Balaban J connectivity index is 1.25. The highest BCUT2D eigenvalue weighted by atomic mass is 32.2. The molecule has 0 saturated carbocycles. The maximum atomic E-state index is 14.2. The van der Waals surface area contributed by atoms with Gasteiger partial charge in [-0.3, -0.25) is 23.5 Å². The van der Waals surface area contributed by atoms with Crippen LogP contribution in [-0.4, -0.2) is 111 Å². The molecule has 3 atom stereocenters. The van der Waals surface area contributed by atoms with Crippen molar-refractivity contribution in [2.24, 2.45) is 0 Å². The van der Waals surface area contributed by atoms with Gasteiger partial charge in [-0.25, -0.2) is 14.6 Å². The number of β-lactam (4-membered cyclic amide) rings is 1. The Morgan fingerprint density at radius 2 is 1.69 bits per heavy atom. The number of carbonyl (C=O) groups is 5. The van der Waals surface area contributed by atoms with Crippen LogP contribution in [0, 0.1) is 0 Å². The molecule has 14 nitrogen and oxygen atoms in total. The first-order valence-corrected chi connectivity index (χ1v) is 17.8. The Kier molecular flexibility index (Phi) is 10.5. The molecule has 4 amide bonds. The fourth-order valence-corrected chi connectivity index (χ4v) is 8.16. The van der Waals surface area contributed by atoms with Gasteiger partial charge in [-0.05, 0) is 18.2 Å². The van der Waals surface area contributed by atoms with E-state index in [1.54, 1.807) is 10.3 Å². The fraction of sp³-hybridized carbons (Fsp3) is 0.333. The quantitative estimate of drug-likeness (QED) is 0.170. The summed E-state index contributed by atoms with van der Waals surface area (Å²) in [5.74, 6) is -2.25. The summed E-state index contributed by atoms with van der Waals surface area (Å²) in [6.07, 6.45) is -1.14. The maximum Gasteiger partial charge on any atom is 0.410 e. The Hall–Kier alpha value is -4.93. The van der Waals surface area contributed by atoms with Gasteiger partial charge in [0.2, 0.25) is 12.3 Å². The van der Waals surface area contributed by atoms with Crippen molar-refractivity contribution in [2.45, 2.75) is 23.9 Å². The molecule has 49 heavy (non-hydrogen) atoms. The third-order valence-electron chi connectivity index (χ3n) is 8.35. The first kappa shape index (κ1) is 34.0. The lowest BCUT2D eigenvalue weighted by Crippen LogP contribution is -2.73. The fourth-order valence-electron chi connectivity index (χ4n) is 5.82. The molecule has 6 rings (SSSR count). The number of aromatic nitrogens is 1. The molecule has 0 aliphatic carbocycles. The monoisotopic (exact) mass is 706 g/mol.